The van der Waals surface area contributed by atoms with Gasteiger partial charge in [-0.25, -0.2) is 13.1 Å². The van der Waals surface area contributed by atoms with Gasteiger partial charge in [-0.2, -0.15) is 0 Å². The third kappa shape index (κ3) is 6.46. The Kier molecular flexibility index (Phi) is 8.07. The summed E-state index contributed by atoms with van der Waals surface area (Å²) in [5, 5.41) is 14.0. The van der Waals surface area contributed by atoms with Gasteiger partial charge in [0.15, 0.2) is 0 Å². The number of hydrogen-bond acceptors (Lipinski definition) is 5. The molecule has 188 valence electrons. The molecule has 0 atom stereocenters. The maximum atomic E-state index is 13.1. The smallest absolute Gasteiger partial charge is 0.270 e. The highest BCUT2D eigenvalue weighted by Crippen LogP contribution is 2.28. The molecule has 0 unspecified atom stereocenters. The lowest BCUT2D eigenvalue weighted by molar-refractivity contribution is -0.385. The fourth-order valence-corrected chi connectivity index (χ4v) is 4.98. The number of non-ortho nitro benzene ring substituents is 1. The van der Waals surface area contributed by atoms with E-state index in [1.54, 1.807) is 24.3 Å². The number of amides is 1. The van der Waals surface area contributed by atoms with E-state index in [2.05, 4.69) is 10.0 Å². The van der Waals surface area contributed by atoms with Gasteiger partial charge in [0, 0.05) is 30.8 Å². The molecule has 4 aromatic carbocycles. The molecule has 0 aromatic heterocycles. The van der Waals surface area contributed by atoms with Gasteiger partial charge in [-0.3, -0.25) is 14.9 Å². The lowest BCUT2D eigenvalue weighted by Crippen LogP contribution is -2.26. The molecule has 0 heterocycles. The molecular weight excluding hydrogens is 490 g/mol. The first kappa shape index (κ1) is 25.7. The van der Waals surface area contributed by atoms with E-state index < -0.39 is 14.9 Å². The highest BCUT2D eigenvalue weighted by atomic mass is 32.2. The Morgan fingerprint density at radius 2 is 1.49 bits per heavy atom. The lowest BCUT2D eigenvalue weighted by Gasteiger charge is -2.15. The summed E-state index contributed by atoms with van der Waals surface area (Å²) in [7, 11) is -4.01. The number of sulfonamides is 1. The molecule has 0 saturated heterocycles. The van der Waals surface area contributed by atoms with Gasteiger partial charge < -0.3 is 5.32 Å². The van der Waals surface area contributed by atoms with Crippen molar-refractivity contribution in [3.8, 4) is 11.1 Å². The zero-order valence-corrected chi connectivity index (χ0v) is 20.6. The summed E-state index contributed by atoms with van der Waals surface area (Å²) in [5.41, 5.74) is 3.32. The summed E-state index contributed by atoms with van der Waals surface area (Å²) in [6, 6.07) is 29.1. The average Bonchev–Trinajstić information content (AvgIpc) is 2.93. The van der Waals surface area contributed by atoms with Crippen molar-refractivity contribution in [3.05, 3.63) is 130 Å². The Balaban J connectivity index is 1.53. The van der Waals surface area contributed by atoms with Crippen molar-refractivity contribution >= 4 is 21.6 Å². The zero-order chi connectivity index (χ0) is 26.3. The van der Waals surface area contributed by atoms with E-state index in [9.17, 15) is 23.3 Å². The number of nitro groups is 1. The van der Waals surface area contributed by atoms with Crippen LogP contribution in [0.4, 0.5) is 5.69 Å². The molecule has 9 heteroatoms. The van der Waals surface area contributed by atoms with Crippen molar-refractivity contribution < 1.29 is 18.1 Å². The molecule has 4 rings (SSSR count). The van der Waals surface area contributed by atoms with Crippen LogP contribution in [0.3, 0.4) is 0 Å². The normalized spacial score (nSPS) is 11.1. The predicted octanol–water partition coefficient (Wildman–Crippen LogP) is 4.71. The molecule has 0 saturated carbocycles. The van der Waals surface area contributed by atoms with Crippen LogP contribution in [0.15, 0.2) is 108 Å². The van der Waals surface area contributed by atoms with Crippen molar-refractivity contribution in [1.82, 2.24) is 10.0 Å². The van der Waals surface area contributed by atoms with Crippen LogP contribution in [-0.4, -0.2) is 25.8 Å². The summed E-state index contributed by atoms with van der Waals surface area (Å²) >= 11 is 0. The van der Waals surface area contributed by atoms with Crippen molar-refractivity contribution in [2.24, 2.45) is 0 Å². The van der Waals surface area contributed by atoms with Crippen LogP contribution in [-0.2, 0) is 23.0 Å². The third-order valence-electron chi connectivity index (χ3n) is 5.81. The molecule has 0 radical (unpaired) electrons. The molecule has 0 aliphatic heterocycles. The monoisotopic (exact) mass is 515 g/mol. The Labute approximate surface area is 215 Å². The van der Waals surface area contributed by atoms with Gasteiger partial charge in [0.25, 0.3) is 11.6 Å². The van der Waals surface area contributed by atoms with Crippen molar-refractivity contribution in [2.75, 3.05) is 6.54 Å². The lowest BCUT2D eigenvalue weighted by atomic mass is 9.95. The summed E-state index contributed by atoms with van der Waals surface area (Å²) in [6.07, 6.45) is 0.699. The Morgan fingerprint density at radius 3 is 2.24 bits per heavy atom. The van der Waals surface area contributed by atoms with E-state index in [1.807, 2.05) is 54.6 Å². The fourth-order valence-electron chi connectivity index (χ4n) is 3.93. The average molecular weight is 516 g/mol. The van der Waals surface area contributed by atoms with Gasteiger partial charge in [-0.1, -0.05) is 78.9 Å². The quantitative estimate of drug-likeness (QED) is 0.234. The number of rotatable bonds is 10. The van der Waals surface area contributed by atoms with Gasteiger partial charge in [0.2, 0.25) is 10.0 Å². The topological polar surface area (TPSA) is 118 Å². The molecule has 37 heavy (non-hydrogen) atoms. The van der Waals surface area contributed by atoms with E-state index in [1.165, 1.54) is 18.2 Å². The van der Waals surface area contributed by atoms with Crippen LogP contribution in [0.25, 0.3) is 11.1 Å². The SMILES string of the molecule is O=C(NCCc1ccccc1)c1ccccc1-c1ccccc1CNS(=O)(=O)c1cccc([N+](=O)[O-])c1. The van der Waals surface area contributed by atoms with Gasteiger partial charge in [0.1, 0.15) is 0 Å². The zero-order valence-electron chi connectivity index (χ0n) is 19.8. The third-order valence-corrected chi connectivity index (χ3v) is 7.21. The molecule has 4 aromatic rings. The number of nitrogens with zero attached hydrogens (tertiary/aromatic N) is 1. The summed E-state index contributed by atoms with van der Waals surface area (Å²) in [6.45, 7) is 0.410. The van der Waals surface area contributed by atoms with Gasteiger partial charge in [-0.05, 0) is 40.8 Å². The molecule has 0 bridgehead atoms. The van der Waals surface area contributed by atoms with Crippen molar-refractivity contribution in [2.45, 2.75) is 17.9 Å². The Hall–Kier alpha value is -4.34. The second-order valence-corrected chi connectivity index (χ2v) is 10.0. The molecule has 0 aliphatic carbocycles. The Morgan fingerprint density at radius 1 is 0.811 bits per heavy atom. The number of carbonyl (C=O) groups excluding carboxylic acids is 1. The number of nitrogens with one attached hydrogen (secondary N) is 2. The molecular formula is C28H25N3O5S. The van der Waals surface area contributed by atoms with Gasteiger partial charge in [0.05, 0.1) is 9.82 Å². The standard InChI is InChI=1S/C28H25N3O5S/c32-28(29-18-17-21-9-2-1-3-10-21)27-16-7-6-15-26(27)25-14-5-4-11-22(25)20-30-37(35,36)24-13-8-12-23(19-24)31(33)34/h1-16,19,30H,17-18,20H2,(H,29,32). The first-order valence-electron chi connectivity index (χ1n) is 11.6. The van der Waals surface area contributed by atoms with Crippen LogP contribution in [0.2, 0.25) is 0 Å². The van der Waals surface area contributed by atoms with E-state index in [0.717, 1.165) is 11.6 Å². The number of hydrogen-bond donors (Lipinski definition) is 2. The molecule has 2 N–H and O–H groups in total. The molecule has 0 aliphatic rings. The Bertz CT molecular complexity index is 1520. The largest absolute Gasteiger partial charge is 0.352 e. The van der Waals surface area contributed by atoms with Gasteiger partial charge >= 0.3 is 0 Å². The molecule has 1 amide bonds. The maximum absolute atomic E-state index is 13.1. The minimum atomic E-state index is -4.01. The minimum absolute atomic E-state index is 0.0643. The fraction of sp³-hybridized carbons (Fsp3) is 0.107. The van der Waals surface area contributed by atoms with Crippen molar-refractivity contribution in [3.63, 3.8) is 0 Å². The summed E-state index contributed by atoms with van der Waals surface area (Å²) in [4.78, 5) is 23.3. The first-order valence-corrected chi connectivity index (χ1v) is 13.1. The van der Waals surface area contributed by atoms with Crippen molar-refractivity contribution in [1.29, 1.82) is 0 Å². The van der Waals surface area contributed by atoms with Gasteiger partial charge in [-0.15, -0.1) is 0 Å². The highest BCUT2D eigenvalue weighted by Gasteiger charge is 2.19. The molecule has 0 spiro atoms. The second kappa shape index (κ2) is 11.6. The van der Waals surface area contributed by atoms with E-state index >= 15 is 0 Å². The predicted molar refractivity (Wildman–Crippen MR) is 141 cm³/mol. The number of carbonyl (C=O) groups is 1. The maximum Gasteiger partial charge on any atom is 0.270 e. The van der Waals surface area contributed by atoms with E-state index in [-0.39, 0.29) is 23.0 Å². The second-order valence-electron chi connectivity index (χ2n) is 8.27. The number of benzene rings is 4. The van der Waals surface area contributed by atoms with Crippen LogP contribution in [0.5, 0.6) is 0 Å². The van der Waals surface area contributed by atoms with Crippen LogP contribution in [0, 0.1) is 10.1 Å². The minimum Gasteiger partial charge on any atom is -0.352 e. The highest BCUT2D eigenvalue weighted by molar-refractivity contribution is 7.89. The van der Waals surface area contributed by atoms with Crippen LogP contribution < -0.4 is 10.0 Å². The van der Waals surface area contributed by atoms with Crippen LogP contribution >= 0.6 is 0 Å². The summed E-state index contributed by atoms with van der Waals surface area (Å²) in [5.74, 6) is -0.224. The number of nitro benzene ring substituents is 1. The first-order chi connectivity index (χ1) is 17.8. The molecule has 0 fully saturated rings. The summed E-state index contributed by atoms with van der Waals surface area (Å²) < 4.78 is 28.2. The van der Waals surface area contributed by atoms with E-state index in [4.69, 9.17) is 0 Å². The molecule has 8 nitrogen and oxygen atoms in total. The van der Waals surface area contributed by atoms with E-state index in [0.29, 0.717) is 35.2 Å². The van der Waals surface area contributed by atoms with Crippen LogP contribution in [0.1, 0.15) is 21.5 Å².